The minimum absolute atomic E-state index is 0.0656. The molecule has 1 aliphatic carbocycles. The molecular formula is C18H21ClN4OS. The Hall–Kier alpha value is -1.92. The highest BCUT2D eigenvalue weighted by atomic mass is 35.5. The van der Waals surface area contributed by atoms with E-state index in [0.717, 1.165) is 24.8 Å². The zero-order valence-electron chi connectivity index (χ0n) is 13.9. The molecule has 5 nitrogen and oxygen atoms in total. The van der Waals surface area contributed by atoms with Gasteiger partial charge in [-0.25, -0.2) is 0 Å². The number of aromatic nitrogens is 3. The molecule has 1 aromatic heterocycles. The first-order chi connectivity index (χ1) is 12.1. The zero-order chi connectivity index (χ0) is 17.6. The average molecular weight is 377 g/mol. The van der Waals surface area contributed by atoms with Gasteiger partial charge in [-0.1, -0.05) is 23.3 Å². The Kier molecular flexibility index (Phi) is 6.04. The van der Waals surface area contributed by atoms with E-state index in [1.54, 1.807) is 16.7 Å². The molecule has 0 spiro atoms. The number of nitrogens with one attached hydrogen (secondary N) is 2. The van der Waals surface area contributed by atoms with Crippen molar-refractivity contribution >= 4 is 29.7 Å². The zero-order valence-corrected chi connectivity index (χ0v) is 15.5. The SMILES string of the molecule is O=C(Cn1c(-c2ccc(Cl)cc2)n[nH]c1=S)NCCC1=CCCCC1. The van der Waals surface area contributed by atoms with Gasteiger partial charge in [-0.3, -0.25) is 14.5 Å². The second-order valence-electron chi connectivity index (χ2n) is 6.15. The number of amides is 1. The summed E-state index contributed by atoms with van der Waals surface area (Å²) in [7, 11) is 0. The monoisotopic (exact) mass is 376 g/mol. The van der Waals surface area contributed by atoms with Gasteiger partial charge in [0.05, 0.1) is 0 Å². The van der Waals surface area contributed by atoms with Crippen LogP contribution in [0, 0.1) is 4.77 Å². The summed E-state index contributed by atoms with van der Waals surface area (Å²) in [5, 5.41) is 10.6. The lowest BCUT2D eigenvalue weighted by molar-refractivity contribution is -0.121. The number of carbonyl (C=O) groups is 1. The van der Waals surface area contributed by atoms with Crippen molar-refractivity contribution in [2.24, 2.45) is 0 Å². The fraction of sp³-hybridized carbons (Fsp3) is 0.389. The van der Waals surface area contributed by atoms with E-state index in [9.17, 15) is 4.79 Å². The van der Waals surface area contributed by atoms with Crippen LogP contribution in [-0.2, 0) is 11.3 Å². The first-order valence-electron chi connectivity index (χ1n) is 8.49. The highest BCUT2D eigenvalue weighted by molar-refractivity contribution is 7.71. The Bertz CT molecular complexity index is 822. The molecule has 132 valence electrons. The van der Waals surface area contributed by atoms with E-state index < -0.39 is 0 Å². The molecule has 0 aliphatic heterocycles. The average Bonchev–Trinajstić information content (AvgIpc) is 2.97. The van der Waals surface area contributed by atoms with Gasteiger partial charge in [0.15, 0.2) is 10.6 Å². The van der Waals surface area contributed by atoms with Gasteiger partial charge in [-0.2, -0.15) is 5.10 Å². The summed E-state index contributed by atoms with van der Waals surface area (Å²) in [5.41, 5.74) is 2.31. The Morgan fingerprint density at radius 3 is 2.84 bits per heavy atom. The van der Waals surface area contributed by atoms with Crippen molar-refractivity contribution in [3.05, 3.63) is 45.7 Å². The summed E-state index contributed by atoms with van der Waals surface area (Å²) < 4.78 is 2.13. The van der Waals surface area contributed by atoms with Crippen molar-refractivity contribution in [2.45, 2.75) is 38.6 Å². The summed E-state index contributed by atoms with van der Waals surface area (Å²) >= 11 is 11.2. The molecule has 0 atom stereocenters. The van der Waals surface area contributed by atoms with Crippen LogP contribution in [0.25, 0.3) is 11.4 Å². The van der Waals surface area contributed by atoms with E-state index in [2.05, 4.69) is 21.6 Å². The third-order valence-corrected chi connectivity index (χ3v) is 4.88. The molecule has 25 heavy (non-hydrogen) atoms. The first kappa shape index (κ1) is 17.9. The first-order valence-corrected chi connectivity index (χ1v) is 9.28. The minimum atomic E-state index is -0.0656. The topological polar surface area (TPSA) is 62.7 Å². The Morgan fingerprint density at radius 1 is 1.32 bits per heavy atom. The highest BCUT2D eigenvalue weighted by Gasteiger charge is 2.12. The van der Waals surface area contributed by atoms with Crippen molar-refractivity contribution < 1.29 is 4.79 Å². The van der Waals surface area contributed by atoms with Gasteiger partial charge in [-0.15, -0.1) is 0 Å². The number of hydrogen-bond acceptors (Lipinski definition) is 3. The fourth-order valence-corrected chi connectivity index (χ4v) is 3.30. The summed E-state index contributed by atoms with van der Waals surface area (Å²) in [6.45, 7) is 0.804. The number of aromatic amines is 1. The lowest BCUT2D eigenvalue weighted by Crippen LogP contribution is -2.29. The van der Waals surface area contributed by atoms with Gasteiger partial charge in [-0.05, 0) is 68.6 Å². The van der Waals surface area contributed by atoms with Crippen molar-refractivity contribution in [3.8, 4) is 11.4 Å². The lowest BCUT2D eigenvalue weighted by atomic mass is 9.97. The third kappa shape index (κ3) is 4.80. The Balaban J connectivity index is 1.61. The number of carbonyl (C=O) groups excluding carboxylic acids is 1. The summed E-state index contributed by atoms with van der Waals surface area (Å²) in [6.07, 6.45) is 8.09. The molecule has 1 aromatic carbocycles. The number of allylic oxidation sites excluding steroid dienone is 1. The second-order valence-corrected chi connectivity index (χ2v) is 6.98. The fourth-order valence-electron chi connectivity index (χ4n) is 2.98. The number of nitrogens with zero attached hydrogens (tertiary/aromatic N) is 2. The third-order valence-electron chi connectivity index (χ3n) is 4.32. The molecule has 3 rings (SSSR count). The summed E-state index contributed by atoms with van der Waals surface area (Å²) in [4.78, 5) is 12.3. The van der Waals surface area contributed by atoms with Crippen LogP contribution in [0.2, 0.25) is 5.02 Å². The van der Waals surface area contributed by atoms with Crippen molar-refractivity contribution in [1.29, 1.82) is 0 Å². The molecule has 0 bridgehead atoms. The molecular weight excluding hydrogens is 356 g/mol. The predicted molar refractivity (Wildman–Crippen MR) is 102 cm³/mol. The summed E-state index contributed by atoms with van der Waals surface area (Å²) in [5.74, 6) is 0.566. The second kappa shape index (κ2) is 8.45. The van der Waals surface area contributed by atoms with E-state index in [4.69, 9.17) is 23.8 Å². The van der Waals surface area contributed by atoms with Crippen molar-refractivity contribution in [2.75, 3.05) is 6.54 Å². The van der Waals surface area contributed by atoms with E-state index in [0.29, 0.717) is 22.2 Å². The van der Waals surface area contributed by atoms with Gasteiger partial charge < -0.3 is 5.32 Å². The van der Waals surface area contributed by atoms with Gasteiger partial charge in [0.25, 0.3) is 0 Å². The minimum Gasteiger partial charge on any atom is -0.354 e. The maximum atomic E-state index is 12.3. The van der Waals surface area contributed by atoms with E-state index >= 15 is 0 Å². The standard InChI is InChI=1S/C18H21ClN4OS/c19-15-8-6-14(7-9-15)17-21-22-18(25)23(17)12-16(24)20-11-10-13-4-2-1-3-5-13/h4,6-9H,1-3,5,10-12H2,(H,20,24)(H,22,25). The molecule has 0 radical (unpaired) electrons. The highest BCUT2D eigenvalue weighted by Crippen LogP contribution is 2.20. The molecule has 0 saturated carbocycles. The van der Waals surface area contributed by atoms with Crippen LogP contribution < -0.4 is 5.32 Å². The number of benzene rings is 1. The van der Waals surface area contributed by atoms with Gasteiger partial charge in [0.2, 0.25) is 5.91 Å². The van der Waals surface area contributed by atoms with E-state index in [1.807, 2.05) is 12.1 Å². The van der Waals surface area contributed by atoms with Crippen LogP contribution in [0.1, 0.15) is 32.1 Å². The van der Waals surface area contributed by atoms with Crippen LogP contribution in [0.15, 0.2) is 35.9 Å². The molecule has 1 aliphatic rings. The Labute approximate surface area is 157 Å². The van der Waals surface area contributed by atoms with Crippen LogP contribution in [0.4, 0.5) is 0 Å². The van der Waals surface area contributed by atoms with Gasteiger partial charge in [0.1, 0.15) is 6.54 Å². The number of hydrogen-bond donors (Lipinski definition) is 2. The van der Waals surface area contributed by atoms with Crippen LogP contribution in [-0.4, -0.2) is 27.2 Å². The molecule has 0 saturated heterocycles. The number of H-pyrrole nitrogens is 1. The molecule has 0 unspecified atom stereocenters. The molecule has 0 fully saturated rings. The normalized spacial score (nSPS) is 14.2. The molecule has 2 aromatic rings. The quantitative estimate of drug-likeness (QED) is 0.584. The van der Waals surface area contributed by atoms with Gasteiger partial charge in [0, 0.05) is 17.1 Å². The van der Waals surface area contributed by atoms with Crippen molar-refractivity contribution in [3.63, 3.8) is 0 Å². The molecule has 7 heteroatoms. The molecule has 1 heterocycles. The van der Waals surface area contributed by atoms with Gasteiger partial charge >= 0.3 is 0 Å². The largest absolute Gasteiger partial charge is 0.354 e. The molecule has 2 N–H and O–H groups in total. The van der Waals surface area contributed by atoms with E-state index in [-0.39, 0.29) is 12.5 Å². The Morgan fingerprint density at radius 2 is 2.12 bits per heavy atom. The van der Waals surface area contributed by atoms with Crippen LogP contribution >= 0.6 is 23.8 Å². The maximum absolute atomic E-state index is 12.3. The number of halogens is 1. The number of rotatable bonds is 6. The van der Waals surface area contributed by atoms with E-state index in [1.165, 1.54) is 18.4 Å². The lowest BCUT2D eigenvalue weighted by Gasteiger charge is -2.13. The molecule has 1 amide bonds. The van der Waals surface area contributed by atoms with Crippen LogP contribution in [0.3, 0.4) is 0 Å². The maximum Gasteiger partial charge on any atom is 0.240 e. The predicted octanol–water partition coefficient (Wildman–Crippen LogP) is 4.27. The van der Waals surface area contributed by atoms with Crippen molar-refractivity contribution in [1.82, 2.24) is 20.1 Å². The van der Waals surface area contributed by atoms with Crippen LogP contribution in [0.5, 0.6) is 0 Å². The smallest absolute Gasteiger partial charge is 0.240 e. The summed E-state index contributed by atoms with van der Waals surface area (Å²) in [6, 6.07) is 7.29.